The van der Waals surface area contributed by atoms with Gasteiger partial charge in [0.05, 0.1) is 17.4 Å². The fourth-order valence-corrected chi connectivity index (χ4v) is 2.46. The Bertz CT molecular complexity index is 386. The average Bonchev–Trinajstić information content (AvgIpc) is 2.67. The number of nitrogens with zero attached hydrogens (tertiary/aromatic N) is 2. The molecule has 0 saturated carbocycles. The summed E-state index contributed by atoms with van der Waals surface area (Å²) in [4.78, 5) is 0. The first-order valence-corrected chi connectivity index (χ1v) is 6.10. The predicted octanol–water partition coefficient (Wildman–Crippen LogP) is 3.14. The highest BCUT2D eigenvalue weighted by Crippen LogP contribution is 2.22. The molecular formula is C9H7IN2S. The Morgan fingerprint density at radius 3 is 2.62 bits per heavy atom. The van der Waals surface area contributed by atoms with Crippen LogP contribution in [0.15, 0.2) is 30.3 Å². The van der Waals surface area contributed by atoms with Gasteiger partial charge in [-0.25, -0.2) is 0 Å². The van der Waals surface area contributed by atoms with Crippen molar-refractivity contribution >= 4 is 34.3 Å². The fraction of sp³-hybridized carbons (Fsp3) is 0.111. The van der Waals surface area contributed by atoms with E-state index in [0.29, 0.717) is 0 Å². The van der Waals surface area contributed by atoms with Crippen LogP contribution in [0.2, 0.25) is 0 Å². The molecule has 0 amide bonds. The van der Waals surface area contributed by atoms with Crippen molar-refractivity contribution in [1.82, 2.24) is 8.75 Å². The molecular weight excluding hydrogens is 295 g/mol. The summed E-state index contributed by atoms with van der Waals surface area (Å²) in [5, 5.41) is 0. The van der Waals surface area contributed by atoms with Gasteiger partial charge in [0.2, 0.25) is 0 Å². The van der Waals surface area contributed by atoms with Crippen molar-refractivity contribution in [1.29, 1.82) is 0 Å². The van der Waals surface area contributed by atoms with Gasteiger partial charge in [-0.1, -0.05) is 52.9 Å². The molecule has 2 aromatic rings. The van der Waals surface area contributed by atoms with Crippen LogP contribution in [0.1, 0.15) is 5.69 Å². The first kappa shape index (κ1) is 9.08. The standard InChI is InChI=1S/C9H7IN2S/c10-6-8-9(12-13-11-8)7-4-2-1-3-5-7/h1-5H,6H2. The van der Waals surface area contributed by atoms with Gasteiger partial charge in [-0.05, 0) is 0 Å². The third-order valence-electron chi connectivity index (χ3n) is 1.73. The van der Waals surface area contributed by atoms with Gasteiger partial charge in [0, 0.05) is 9.99 Å². The highest BCUT2D eigenvalue weighted by molar-refractivity contribution is 14.1. The van der Waals surface area contributed by atoms with Crippen molar-refractivity contribution in [3.05, 3.63) is 36.0 Å². The monoisotopic (exact) mass is 302 g/mol. The quantitative estimate of drug-likeness (QED) is 0.629. The van der Waals surface area contributed by atoms with Crippen LogP contribution in [0.5, 0.6) is 0 Å². The van der Waals surface area contributed by atoms with Crippen LogP contribution in [-0.2, 0) is 4.43 Å². The largest absolute Gasteiger partial charge is 0.177 e. The van der Waals surface area contributed by atoms with Gasteiger partial charge in [-0.2, -0.15) is 8.75 Å². The topological polar surface area (TPSA) is 25.8 Å². The van der Waals surface area contributed by atoms with Crippen molar-refractivity contribution in [2.45, 2.75) is 4.43 Å². The van der Waals surface area contributed by atoms with E-state index >= 15 is 0 Å². The summed E-state index contributed by atoms with van der Waals surface area (Å²) >= 11 is 3.59. The van der Waals surface area contributed by atoms with E-state index in [1.54, 1.807) is 0 Å². The SMILES string of the molecule is ICc1nsnc1-c1ccccc1. The Labute approximate surface area is 94.5 Å². The molecule has 0 radical (unpaired) electrons. The predicted molar refractivity (Wildman–Crippen MR) is 63.1 cm³/mol. The van der Waals surface area contributed by atoms with Crippen LogP contribution in [0.4, 0.5) is 0 Å². The number of hydrogen-bond donors (Lipinski definition) is 0. The van der Waals surface area contributed by atoms with E-state index in [-0.39, 0.29) is 0 Å². The van der Waals surface area contributed by atoms with Gasteiger partial charge in [0.1, 0.15) is 5.69 Å². The molecule has 0 saturated heterocycles. The third kappa shape index (κ3) is 1.88. The van der Waals surface area contributed by atoms with Crippen LogP contribution in [0, 0.1) is 0 Å². The van der Waals surface area contributed by atoms with Gasteiger partial charge in [-0.3, -0.25) is 0 Å². The minimum absolute atomic E-state index is 0.915. The maximum atomic E-state index is 4.28. The molecule has 1 aromatic carbocycles. The van der Waals surface area contributed by atoms with Gasteiger partial charge < -0.3 is 0 Å². The zero-order chi connectivity index (χ0) is 9.10. The molecule has 0 unspecified atom stereocenters. The van der Waals surface area contributed by atoms with Crippen LogP contribution in [0.25, 0.3) is 11.3 Å². The molecule has 0 aliphatic heterocycles. The molecule has 0 N–H and O–H groups in total. The van der Waals surface area contributed by atoms with Gasteiger partial charge in [0.15, 0.2) is 0 Å². The minimum atomic E-state index is 0.915. The van der Waals surface area contributed by atoms with Crippen molar-refractivity contribution in [3.63, 3.8) is 0 Å². The van der Waals surface area contributed by atoms with Gasteiger partial charge >= 0.3 is 0 Å². The van der Waals surface area contributed by atoms with E-state index in [9.17, 15) is 0 Å². The summed E-state index contributed by atoms with van der Waals surface area (Å²) in [6.07, 6.45) is 0. The van der Waals surface area contributed by atoms with Crippen molar-refractivity contribution < 1.29 is 0 Å². The van der Waals surface area contributed by atoms with Crippen LogP contribution in [0.3, 0.4) is 0 Å². The molecule has 1 heterocycles. The zero-order valence-electron chi connectivity index (χ0n) is 6.77. The second-order valence-electron chi connectivity index (χ2n) is 2.56. The lowest BCUT2D eigenvalue weighted by molar-refractivity contribution is 1.31. The molecule has 13 heavy (non-hydrogen) atoms. The molecule has 0 spiro atoms. The summed E-state index contributed by atoms with van der Waals surface area (Å²) in [5.74, 6) is 0. The second-order valence-corrected chi connectivity index (χ2v) is 3.85. The molecule has 0 fully saturated rings. The number of rotatable bonds is 2. The molecule has 0 aliphatic carbocycles. The lowest BCUT2D eigenvalue weighted by Crippen LogP contribution is -1.83. The van der Waals surface area contributed by atoms with Gasteiger partial charge in [0.25, 0.3) is 0 Å². The maximum Gasteiger partial charge on any atom is 0.108 e. The molecule has 0 atom stereocenters. The maximum absolute atomic E-state index is 4.28. The van der Waals surface area contributed by atoms with Crippen LogP contribution < -0.4 is 0 Å². The second kappa shape index (κ2) is 4.15. The van der Waals surface area contributed by atoms with E-state index in [0.717, 1.165) is 21.4 Å². The van der Waals surface area contributed by atoms with E-state index in [4.69, 9.17) is 0 Å². The Kier molecular flexibility index (Phi) is 2.90. The lowest BCUT2D eigenvalue weighted by atomic mass is 10.1. The number of aromatic nitrogens is 2. The first-order chi connectivity index (χ1) is 6.42. The Hall–Kier alpha value is -0.490. The number of benzene rings is 1. The minimum Gasteiger partial charge on any atom is -0.177 e. The van der Waals surface area contributed by atoms with Crippen LogP contribution >= 0.6 is 34.3 Å². The summed E-state index contributed by atoms with van der Waals surface area (Å²) in [6, 6.07) is 10.2. The van der Waals surface area contributed by atoms with E-state index in [1.807, 2.05) is 18.2 Å². The number of alkyl halides is 1. The molecule has 0 aliphatic rings. The average molecular weight is 302 g/mol. The molecule has 2 nitrogen and oxygen atoms in total. The summed E-state index contributed by atoms with van der Waals surface area (Å²) < 4.78 is 9.43. The number of halogens is 1. The Balaban J connectivity index is 2.47. The zero-order valence-corrected chi connectivity index (χ0v) is 9.75. The van der Waals surface area contributed by atoms with E-state index < -0.39 is 0 Å². The highest BCUT2D eigenvalue weighted by Gasteiger charge is 2.07. The molecule has 4 heteroatoms. The van der Waals surface area contributed by atoms with Crippen LogP contribution in [-0.4, -0.2) is 8.75 Å². The highest BCUT2D eigenvalue weighted by atomic mass is 127. The van der Waals surface area contributed by atoms with E-state index in [1.165, 1.54) is 11.7 Å². The summed E-state index contributed by atoms with van der Waals surface area (Å²) in [7, 11) is 0. The van der Waals surface area contributed by atoms with Crippen molar-refractivity contribution in [2.24, 2.45) is 0 Å². The first-order valence-electron chi connectivity index (χ1n) is 3.84. The molecule has 2 rings (SSSR count). The normalized spacial score (nSPS) is 10.2. The molecule has 1 aromatic heterocycles. The Morgan fingerprint density at radius 2 is 1.92 bits per heavy atom. The van der Waals surface area contributed by atoms with Crippen molar-refractivity contribution in [2.75, 3.05) is 0 Å². The van der Waals surface area contributed by atoms with Gasteiger partial charge in [-0.15, -0.1) is 0 Å². The van der Waals surface area contributed by atoms with E-state index in [2.05, 4.69) is 43.5 Å². The summed E-state index contributed by atoms with van der Waals surface area (Å²) in [5.41, 5.74) is 3.26. The Morgan fingerprint density at radius 1 is 1.15 bits per heavy atom. The third-order valence-corrected chi connectivity index (χ3v) is 3.02. The number of hydrogen-bond acceptors (Lipinski definition) is 3. The lowest BCUT2D eigenvalue weighted by Gasteiger charge is -1.96. The summed E-state index contributed by atoms with van der Waals surface area (Å²) in [6.45, 7) is 0. The molecule has 66 valence electrons. The molecule has 0 bridgehead atoms. The smallest absolute Gasteiger partial charge is 0.108 e. The fourth-order valence-electron chi connectivity index (χ4n) is 1.11. The van der Waals surface area contributed by atoms with Crippen molar-refractivity contribution in [3.8, 4) is 11.3 Å².